The van der Waals surface area contributed by atoms with Crippen LogP contribution in [0.3, 0.4) is 0 Å². The van der Waals surface area contributed by atoms with Crippen LogP contribution in [0.15, 0.2) is 55.4 Å². The second-order valence-electron chi connectivity index (χ2n) is 7.32. The number of hydrogen-bond donors (Lipinski definition) is 2. The number of phenolic OH excluding ortho intramolecular Hbond substituents is 1. The van der Waals surface area contributed by atoms with Gasteiger partial charge in [-0.05, 0) is 41.3 Å². The largest absolute Gasteiger partial charge is 0.505 e. The maximum atomic E-state index is 13.2. The maximum Gasteiger partial charge on any atom is 0.202 e. The first-order valence-corrected chi connectivity index (χ1v) is 9.38. The summed E-state index contributed by atoms with van der Waals surface area (Å²) in [4.78, 5) is 8.50. The van der Waals surface area contributed by atoms with Crippen molar-refractivity contribution in [1.29, 1.82) is 0 Å². The van der Waals surface area contributed by atoms with Crippen LogP contribution in [0.1, 0.15) is 16.7 Å². The fourth-order valence-corrected chi connectivity index (χ4v) is 3.85. The van der Waals surface area contributed by atoms with Crippen LogP contribution in [0.5, 0.6) is 11.6 Å². The number of phenols is 1. The van der Waals surface area contributed by atoms with Crippen LogP contribution in [0.25, 0.3) is 21.7 Å². The zero-order valence-electron chi connectivity index (χ0n) is 16.1. The second kappa shape index (κ2) is 6.84. The second-order valence-corrected chi connectivity index (χ2v) is 7.32. The Morgan fingerprint density at radius 2 is 1.87 bits per heavy atom. The van der Waals surface area contributed by atoms with E-state index in [1.54, 1.807) is 47.2 Å². The zero-order valence-corrected chi connectivity index (χ0v) is 16.1. The van der Waals surface area contributed by atoms with Crippen LogP contribution < -0.4 is 0 Å². The van der Waals surface area contributed by atoms with Crippen molar-refractivity contribution in [3.05, 3.63) is 77.9 Å². The Balaban J connectivity index is 1.72. The minimum Gasteiger partial charge on any atom is -0.505 e. The molecule has 8 heteroatoms. The molecule has 0 atom stereocenters. The summed E-state index contributed by atoms with van der Waals surface area (Å²) in [6, 6.07) is 8.32. The third-order valence-corrected chi connectivity index (χ3v) is 5.31. The number of rotatable bonds is 4. The molecule has 7 nitrogen and oxygen atoms in total. The van der Waals surface area contributed by atoms with E-state index in [1.807, 2.05) is 6.07 Å². The molecule has 2 aromatic carbocycles. The molecule has 0 spiro atoms. The molecular formula is C22H18FN5O2. The molecule has 30 heavy (non-hydrogen) atoms. The molecule has 3 heterocycles. The van der Waals surface area contributed by atoms with E-state index < -0.39 is 0 Å². The van der Waals surface area contributed by atoms with Crippen molar-refractivity contribution in [3.8, 4) is 11.6 Å². The third kappa shape index (κ3) is 2.93. The molecule has 0 aliphatic rings. The van der Waals surface area contributed by atoms with Gasteiger partial charge in [-0.2, -0.15) is 5.10 Å². The van der Waals surface area contributed by atoms with E-state index in [4.69, 9.17) is 0 Å². The third-order valence-electron chi connectivity index (χ3n) is 5.31. The first-order chi connectivity index (χ1) is 14.5. The molecule has 5 rings (SSSR count). The number of halogens is 1. The topological polar surface area (TPSA) is 89.0 Å². The zero-order chi connectivity index (χ0) is 20.8. The highest BCUT2D eigenvalue weighted by Crippen LogP contribution is 2.42. The highest BCUT2D eigenvalue weighted by Gasteiger charge is 2.21. The number of hydrogen-bond acceptors (Lipinski definition) is 5. The Labute approximate surface area is 170 Å². The Bertz CT molecular complexity index is 1380. The molecule has 150 valence electrons. The van der Waals surface area contributed by atoms with Gasteiger partial charge in [-0.3, -0.25) is 4.98 Å². The molecule has 0 saturated carbocycles. The van der Waals surface area contributed by atoms with Crippen molar-refractivity contribution < 1.29 is 14.6 Å². The average Bonchev–Trinajstić information content (AvgIpc) is 3.35. The summed E-state index contributed by atoms with van der Waals surface area (Å²) in [5.74, 6) is -0.364. The number of aryl methyl sites for hydroxylation is 1. The van der Waals surface area contributed by atoms with E-state index in [0.717, 1.165) is 27.5 Å². The first-order valence-electron chi connectivity index (χ1n) is 9.38. The van der Waals surface area contributed by atoms with Crippen LogP contribution in [-0.2, 0) is 20.0 Å². The molecule has 3 aromatic heterocycles. The van der Waals surface area contributed by atoms with Crippen LogP contribution >= 0.6 is 0 Å². The summed E-state index contributed by atoms with van der Waals surface area (Å²) in [7, 11) is 1.71. The Morgan fingerprint density at radius 1 is 1.07 bits per heavy atom. The Morgan fingerprint density at radius 3 is 2.60 bits per heavy atom. The number of aromatic hydroxyl groups is 2. The van der Waals surface area contributed by atoms with E-state index in [0.29, 0.717) is 23.9 Å². The summed E-state index contributed by atoms with van der Waals surface area (Å²) in [6.45, 7) is 0.401. The molecule has 5 aromatic rings. The molecular weight excluding hydrogens is 385 g/mol. The van der Waals surface area contributed by atoms with Crippen LogP contribution in [0.2, 0.25) is 0 Å². The van der Waals surface area contributed by atoms with E-state index in [-0.39, 0.29) is 17.4 Å². The molecule has 0 fully saturated rings. The monoisotopic (exact) mass is 403 g/mol. The lowest BCUT2D eigenvalue weighted by Crippen LogP contribution is -2.02. The number of fused-ring (bicyclic) bond motifs is 2. The van der Waals surface area contributed by atoms with Gasteiger partial charge in [0.1, 0.15) is 24.0 Å². The van der Waals surface area contributed by atoms with Gasteiger partial charge in [-0.15, -0.1) is 0 Å². The number of pyridine rings is 1. The predicted octanol–water partition coefficient (Wildman–Crippen LogP) is 3.51. The van der Waals surface area contributed by atoms with Gasteiger partial charge in [0.15, 0.2) is 5.75 Å². The molecule has 0 saturated heterocycles. The molecule has 0 bridgehead atoms. The molecule has 0 amide bonds. The van der Waals surface area contributed by atoms with Crippen molar-refractivity contribution in [2.45, 2.75) is 13.0 Å². The van der Waals surface area contributed by atoms with Crippen LogP contribution in [0, 0.1) is 5.82 Å². The van der Waals surface area contributed by atoms with E-state index >= 15 is 0 Å². The number of nitrogens with zero attached hydrogens (tertiary/aromatic N) is 5. The minimum absolute atomic E-state index is 0.0265. The van der Waals surface area contributed by atoms with Crippen molar-refractivity contribution in [2.75, 3.05) is 0 Å². The smallest absolute Gasteiger partial charge is 0.202 e. The number of aromatic nitrogens is 5. The molecule has 2 N–H and O–H groups in total. The molecule has 0 aliphatic heterocycles. The van der Waals surface area contributed by atoms with Gasteiger partial charge in [-0.25, -0.2) is 14.1 Å². The maximum absolute atomic E-state index is 13.2. The lowest BCUT2D eigenvalue weighted by Gasteiger charge is -2.12. The quantitative estimate of drug-likeness (QED) is 0.479. The Hall–Kier alpha value is -3.94. The van der Waals surface area contributed by atoms with Crippen molar-refractivity contribution in [3.63, 3.8) is 0 Å². The normalized spacial score (nSPS) is 11.5. The van der Waals surface area contributed by atoms with Gasteiger partial charge in [-0.1, -0.05) is 12.1 Å². The SMILES string of the molecule is Cn1cc2c(Cn3cncn3)c3cc(Cc4ccc(F)cc4)cnc3c(O)c2c1O. The fraction of sp³-hybridized carbons (Fsp3) is 0.136. The first kappa shape index (κ1) is 18.1. The number of benzene rings is 2. The fourth-order valence-electron chi connectivity index (χ4n) is 3.85. The standard InChI is InChI=1S/C22H18FN5O2/c1-27-9-18-17(10-28-12-24-11-26-28)16-7-14(6-13-2-4-15(23)5-3-13)8-25-20(16)21(29)19(18)22(27)30/h2-5,7-9,11-12,29-30H,6,10H2,1H3. The Kier molecular flexibility index (Phi) is 4.13. The lowest BCUT2D eigenvalue weighted by atomic mass is 9.98. The highest BCUT2D eigenvalue weighted by atomic mass is 19.1. The van der Waals surface area contributed by atoms with Gasteiger partial charge in [0, 0.05) is 30.2 Å². The summed E-state index contributed by atoms with van der Waals surface area (Å²) in [5.41, 5.74) is 3.15. The van der Waals surface area contributed by atoms with Gasteiger partial charge < -0.3 is 14.8 Å². The van der Waals surface area contributed by atoms with E-state index in [1.165, 1.54) is 18.5 Å². The molecule has 0 aliphatic carbocycles. The predicted molar refractivity (Wildman–Crippen MR) is 110 cm³/mol. The molecule has 0 radical (unpaired) electrons. The van der Waals surface area contributed by atoms with Crippen LogP contribution in [0.4, 0.5) is 4.39 Å². The summed E-state index contributed by atoms with van der Waals surface area (Å²) < 4.78 is 16.5. The summed E-state index contributed by atoms with van der Waals surface area (Å²) >= 11 is 0. The van der Waals surface area contributed by atoms with E-state index in [2.05, 4.69) is 15.1 Å². The lowest BCUT2D eigenvalue weighted by molar-refractivity contribution is 0.432. The average molecular weight is 403 g/mol. The summed E-state index contributed by atoms with van der Waals surface area (Å²) in [6.07, 6.45) is 7.12. The summed E-state index contributed by atoms with van der Waals surface area (Å²) in [5, 5.41) is 27.4. The van der Waals surface area contributed by atoms with Crippen LogP contribution in [-0.4, -0.2) is 34.5 Å². The van der Waals surface area contributed by atoms with Gasteiger partial charge >= 0.3 is 0 Å². The minimum atomic E-state index is -0.276. The van der Waals surface area contributed by atoms with Gasteiger partial charge in [0.2, 0.25) is 5.88 Å². The van der Waals surface area contributed by atoms with Crippen molar-refractivity contribution in [1.82, 2.24) is 24.3 Å². The van der Waals surface area contributed by atoms with Gasteiger partial charge in [0.05, 0.1) is 11.9 Å². The molecule has 0 unspecified atom stereocenters. The van der Waals surface area contributed by atoms with Crippen molar-refractivity contribution in [2.24, 2.45) is 7.05 Å². The van der Waals surface area contributed by atoms with Crippen molar-refractivity contribution >= 4 is 21.7 Å². The highest BCUT2D eigenvalue weighted by molar-refractivity contribution is 6.09. The van der Waals surface area contributed by atoms with E-state index in [9.17, 15) is 14.6 Å². The van der Waals surface area contributed by atoms with Gasteiger partial charge in [0.25, 0.3) is 0 Å².